The Morgan fingerprint density at radius 3 is 3.06 bits per heavy atom. The molecule has 0 amide bonds. The van der Waals surface area contributed by atoms with E-state index in [2.05, 4.69) is 21.7 Å². The Kier molecular flexibility index (Phi) is 3.59. The van der Waals surface area contributed by atoms with Gasteiger partial charge in [-0.3, -0.25) is 0 Å². The second-order valence-electron chi connectivity index (χ2n) is 3.64. The van der Waals surface area contributed by atoms with E-state index in [0.717, 1.165) is 30.2 Å². The van der Waals surface area contributed by atoms with Crippen LogP contribution in [0.25, 0.3) is 0 Å². The van der Waals surface area contributed by atoms with E-state index < -0.39 is 0 Å². The minimum atomic E-state index is 0.727. The van der Waals surface area contributed by atoms with Gasteiger partial charge in [0.1, 0.15) is 11.6 Å². The van der Waals surface area contributed by atoms with Gasteiger partial charge < -0.3 is 10.1 Å². The molecule has 0 aliphatic heterocycles. The number of anilines is 1. The van der Waals surface area contributed by atoms with E-state index in [4.69, 9.17) is 4.74 Å². The summed E-state index contributed by atoms with van der Waals surface area (Å²) in [6.07, 6.45) is 1.73. The SMILES string of the molecule is CCn1nncc1NCc1cccc(OC)c1. The maximum atomic E-state index is 5.18. The molecule has 0 saturated carbocycles. The van der Waals surface area contributed by atoms with Gasteiger partial charge in [0.15, 0.2) is 0 Å². The van der Waals surface area contributed by atoms with Crippen molar-refractivity contribution in [1.82, 2.24) is 15.0 Å². The summed E-state index contributed by atoms with van der Waals surface area (Å²) in [4.78, 5) is 0. The van der Waals surface area contributed by atoms with Crippen molar-refractivity contribution in [3.63, 3.8) is 0 Å². The molecule has 17 heavy (non-hydrogen) atoms. The number of rotatable bonds is 5. The first-order valence-electron chi connectivity index (χ1n) is 5.58. The molecule has 0 fully saturated rings. The van der Waals surface area contributed by atoms with Gasteiger partial charge in [-0.2, -0.15) is 0 Å². The molecule has 2 aromatic rings. The maximum Gasteiger partial charge on any atom is 0.145 e. The minimum Gasteiger partial charge on any atom is -0.497 e. The van der Waals surface area contributed by atoms with E-state index in [1.165, 1.54) is 0 Å². The van der Waals surface area contributed by atoms with Crippen LogP contribution in [0.2, 0.25) is 0 Å². The van der Waals surface area contributed by atoms with Gasteiger partial charge in [-0.25, -0.2) is 4.68 Å². The summed E-state index contributed by atoms with van der Waals surface area (Å²) in [5.41, 5.74) is 1.16. The molecule has 5 nitrogen and oxygen atoms in total. The van der Waals surface area contributed by atoms with Gasteiger partial charge in [-0.1, -0.05) is 17.3 Å². The van der Waals surface area contributed by atoms with E-state index >= 15 is 0 Å². The third-order valence-electron chi connectivity index (χ3n) is 2.53. The van der Waals surface area contributed by atoms with E-state index in [1.807, 2.05) is 29.8 Å². The lowest BCUT2D eigenvalue weighted by Gasteiger charge is -2.08. The first-order chi connectivity index (χ1) is 8.33. The van der Waals surface area contributed by atoms with E-state index in [9.17, 15) is 0 Å². The maximum absolute atomic E-state index is 5.18. The van der Waals surface area contributed by atoms with Crippen LogP contribution in [-0.4, -0.2) is 22.1 Å². The fourth-order valence-corrected chi connectivity index (χ4v) is 1.60. The van der Waals surface area contributed by atoms with Crippen molar-refractivity contribution in [2.24, 2.45) is 0 Å². The lowest BCUT2D eigenvalue weighted by atomic mass is 10.2. The van der Waals surface area contributed by atoms with E-state index in [0.29, 0.717) is 0 Å². The predicted molar refractivity (Wildman–Crippen MR) is 66.0 cm³/mol. The van der Waals surface area contributed by atoms with Gasteiger partial charge in [-0.05, 0) is 24.6 Å². The van der Waals surface area contributed by atoms with Gasteiger partial charge >= 0.3 is 0 Å². The van der Waals surface area contributed by atoms with Gasteiger partial charge in [0.2, 0.25) is 0 Å². The van der Waals surface area contributed by atoms with Gasteiger partial charge in [0.05, 0.1) is 13.3 Å². The quantitative estimate of drug-likeness (QED) is 0.855. The molecule has 1 aromatic carbocycles. The standard InChI is InChI=1S/C12H16N4O/c1-3-16-12(9-14-15-16)13-8-10-5-4-6-11(7-10)17-2/h4-7,9,13H,3,8H2,1-2H3. The number of benzene rings is 1. The number of aryl methyl sites for hydroxylation is 1. The molecule has 0 radical (unpaired) electrons. The molecule has 0 atom stereocenters. The number of hydrogen-bond acceptors (Lipinski definition) is 4. The second-order valence-corrected chi connectivity index (χ2v) is 3.64. The summed E-state index contributed by atoms with van der Waals surface area (Å²) >= 11 is 0. The monoisotopic (exact) mass is 232 g/mol. The summed E-state index contributed by atoms with van der Waals surface area (Å²) in [6.45, 7) is 3.57. The molecule has 1 heterocycles. The highest BCUT2D eigenvalue weighted by Crippen LogP contribution is 2.14. The molecule has 0 aliphatic carbocycles. The first kappa shape index (κ1) is 11.4. The van der Waals surface area contributed by atoms with E-state index in [1.54, 1.807) is 13.3 Å². The molecule has 1 aromatic heterocycles. The molecule has 90 valence electrons. The lowest BCUT2D eigenvalue weighted by molar-refractivity contribution is 0.414. The highest BCUT2D eigenvalue weighted by atomic mass is 16.5. The van der Waals surface area contributed by atoms with Crippen LogP contribution in [0.3, 0.4) is 0 Å². The number of hydrogen-bond donors (Lipinski definition) is 1. The Hall–Kier alpha value is -2.04. The first-order valence-corrected chi connectivity index (χ1v) is 5.58. The van der Waals surface area contributed by atoms with Crippen molar-refractivity contribution in [3.8, 4) is 5.75 Å². The second kappa shape index (κ2) is 5.34. The number of aromatic nitrogens is 3. The molecule has 2 rings (SSSR count). The number of nitrogens with zero attached hydrogens (tertiary/aromatic N) is 3. The van der Waals surface area contributed by atoms with Gasteiger partial charge in [0, 0.05) is 13.1 Å². The predicted octanol–water partition coefficient (Wildman–Crippen LogP) is 1.92. The van der Waals surface area contributed by atoms with Crippen LogP contribution in [0.15, 0.2) is 30.5 Å². The minimum absolute atomic E-state index is 0.727. The summed E-state index contributed by atoms with van der Waals surface area (Å²) in [5.74, 6) is 1.79. The molecular formula is C12H16N4O. The zero-order valence-corrected chi connectivity index (χ0v) is 10.1. The van der Waals surface area contributed by atoms with Crippen molar-refractivity contribution < 1.29 is 4.74 Å². The Morgan fingerprint density at radius 2 is 2.29 bits per heavy atom. The Morgan fingerprint density at radius 1 is 1.41 bits per heavy atom. The van der Waals surface area contributed by atoms with Crippen molar-refractivity contribution >= 4 is 5.82 Å². The zero-order chi connectivity index (χ0) is 12.1. The molecule has 0 bridgehead atoms. The fraction of sp³-hybridized carbons (Fsp3) is 0.333. The van der Waals surface area contributed by atoms with Crippen molar-refractivity contribution in [3.05, 3.63) is 36.0 Å². The molecule has 0 saturated heterocycles. The summed E-state index contributed by atoms with van der Waals surface area (Å²) in [5, 5.41) is 11.1. The normalized spacial score (nSPS) is 10.2. The Balaban J connectivity index is 2.02. The van der Waals surface area contributed by atoms with Crippen LogP contribution >= 0.6 is 0 Å². The topological polar surface area (TPSA) is 52.0 Å². The summed E-state index contributed by atoms with van der Waals surface area (Å²) < 4.78 is 7.00. The Bertz CT molecular complexity index is 481. The van der Waals surface area contributed by atoms with Crippen LogP contribution in [0.4, 0.5) is 5.82 Å². The van der Waals surface area contributed by atoms with Crippen LogP contribution in [0.5, 0.6) is 5.75 Å². The average molecular weight is 232 g/mol. The van der Waals surface area contributed by atoms with Crippen LogP contribution in [0.1, 0.15) is 12.5 Å². The summed E-state index contributed by atoms with van der Waals surface area (Å²) in [6, 6.07) is 7.97. The highest BCUT2D eigenvalue weighted by Gasteiger charge is 2.01. The number of methoxy groups -OCH3 is 1. The van der Waals surface area contributed by atoms with Gasteiger partial charge in [0.25, 0.3) is 0 Å². The third kappa shape index (κ3) is 2.75. The van der Waals surface area contributed by atoms with Crippen LogP contribution in [0, 0.1) is 0 Å². The largest absolute Gasteiger partial charge is 0.497 e. The lowest BCUT2D eigenvalue weighted by Crippen LogP contribution is -2.06. The zero-order valence-electron chi connectivity index (χ0n) is 10.1. The third-order valence-corrected chi connectivity index (χ3v) is 2.53. The van der Waals surface area contributed by atoms with Crippen molar-refractivity contribution in [2.75, 3.05) is 12.4 Å². The average Bonchev–Trinajstić information content (AvgIpc) is 2.84. The molecule has 5 heteroatoms. The fourth-order valence-electron chi connectivity index (χ4n) is 1.60. The smallest absolute Gasteiger partial charge is 0.145 e. The van der Waals surface area contributed by atoms with Crippen LogP contribution < -0.4 is 10.1 Å². The van der Waals surface area contributed by atoms with E-state index in [-0.39, 0.29) is 0 Å². The van der Waals surface area contributed by atoms with Crippen LogP contribution in [-0.2, 0) is 13.1 Å². The molecule has 0 unspecified atom stereocenters. The summed E-state index contributed by atoms with van der Waals surface area (Å²) in [7, 11) is 1.67. The Labute approximate surface area is 100 Å². The molecule has 1 N–H and O–H groups in total. The highest BCUT2D eigenvalue weighted by molar-refractivity contribution is 5.35. The van der Waals surface area contributed by atoms with Crippen molar-refractivity contribution in [1.29, 1.82) is 0 Å². The number of ether oxygens (including phenoxy) is 1. The molecule has 0 aliphatic rings. The molecular weight excluding hydrogens is 216 g/mol. The number of nitrogens with one attached hydrogen (secondary N) is 1. The van der Waals surface area contributed by atoms with Gasteiger partial charge in [-0.15, -0.1) is 5.10 Å². The molecule has 0 spiro atoms. The van der Waals surface area contributed by atoms with Crippen molar-refractivity contribution in [2.45, 2.75) is 20.0 Å².